The van der Waals surface area contributed by atoms with Gasteiger partial charge in [0.25, 0.3) is 0 Å². The van der Waals surface area contributed by atoms with E-state index in [1.54, 1.807) is 7.11 Å². The van der Waals surface area contributed by atoms with E-state index in [2.05, 4.69) is 39.2 Å². The maximum absolute atomic E-state index is 12.4. The molecule has 0 saturated carbocycles. The highest BCUT2D eigenvalue weighted by molar-refractivity contribution is 5.74. The van der Waals surface area contributed by atoms with Crippen molar-refractivity contribution < 1.29 is 9.53 Å². The summed E-state index contributed by atoms with van der Waals surface area (Å²) in [5, 5.41) is 3.11. The Bertz CT molecular complexity index is 623. The first-order chi connectivity index (χ1) is 14.6. The van der Waals surface area contributed by atoms with Gasteiger partial charge in [0.15, 0.2) is 0 Å². The van der Waals surface area contributed by atoms with Crippen LogP contribution in [0.25, 0.3) is 0 Å². The number of carbonyl (C=O) groups excluding carboxylic acids is 1. The normalized spacial score (nSPS) is 19.1. The monoisotopic (exact) mass is 417 g/mol. The Balaban J connectivity index is 1.23. The lowest BCUT2D eigenvalue weighted by molar-refractivity contribution is 0.139. The first-order valence-corrected chi connectivity index (χ1v) is 11.4. The van der Waals surface area contributed by atoms with E-state index < -0.39 is 0 Å². The van der Waals surface area contributed by atoms with Gasteiger partial charge >= 0.3 is 6.03 Å². The predicted octanol–water partition coefficient (Wildman–Crippen LogP) is 1.59. The molecule has 0 spiro atoms. The summed E-state index contributed by atoms with van der Waals surface area (Å²) in [6, 6.07) is 8.40. The molecule has 0 unspecified atom stereocenters. The Morgan fingerprint density at radius 1 is 0.900 bits per heavy atom. The molecule has 0 bridgehead atoms. The number of hydrogen-bond acceptors (Lipinski definition) is 5. The summed E-state index contributed by atoms with van der Waals surface area (Å²) in [6.07, 6.45) is 3.24. The fourth-order valence-corrected chi connectivity index (χ4v) is 4.09. The van der Waals surface area contributed by atoms with E-state index in [1.807, 2.05) is 17.0 Å². The zero-order valence-electron chi connectivity index (χ0n) is 18.8. The van der Waals surface area contributed by atoms with Crippen LogP contribution in [0.15, 0.2) is 24.3 Å². The Kier molecular flexibility index (Phi) is 9.24. The van der Waals surface area contributed by atoms with Gasteiger partial charge in [-0.05, 0) is 50.6 Å². The standard InChI is InChI=1S/C23H39N5O2/c1-25-13-15-26(16-14-25)11-4-3-10-24-23(29)28-19-17-27(18-20-28)12-9-21-5-7-22(30-2)8-6-21/h5-8H,3-4,9-20H2,1-2H3,(H,24,29). The lowest BCUT2D eigenvalue weighted by Crippen LogP contribution is -2.52. The molecule has 3 rings (SSSR count). The van der Waals surface area contributed by atoms with Crippen LogP contribution in [-0.2, 0) is 6.42 Å². The molecule has 0 aromatic heterocycles. The third-order valence-electron chi connectivity index (χ3n) is 6.31. The summed E-state index contributed by atoms with van der Waals surface area (Å²) >= 11 is 0. The molecule has 0 atom stereocenters. The third-order valence-corrected chi connectivity index (χ3v) is 6.31. The number of rotatable bonds is 9. The lowest BCUT2D eigenvalue weighted by atomic mass is 10.1. The van der Waals surface area contributed by atoms with E-state index in [4.69, 9.17) is 4.74 Å². The maximum Gasteiger partial charge on any atom is 0.317 e. The van der Waals surface area contributed by atoms with E-state index in [0.717, 1.165) is 70.8 Å². The summed E-state index contributed by atoms with van der Waals surface area (Å²) in [5.41, 5.74) is 1.33. The van der Waals surface area contributed by atoms with Gasteiger partial charge in [-0.1, -0.05) is 12.1 Å². The molecular weight excluding hydrogens is 378 g/mol. The predicted molar refractivity (Wildman–Crippen MR) is 121 cm³/mol. The van der Waals surface area contributed by atoms with Gasteiger partial charge in [-0.3, -0.25) is 4.90 Å². The molecule has 2 amide bonds. The second-order valence-corrected chi connectivity index (χ2v) is 8.51. The number of nitrogens with one attached hydrogen (secondary N) is 1. The fraction of sp³-hybridized carbons (Fsp3) is 0.696. The molecule has 1 aromatic rings. The number of ether oxygens (including phenoxy) is 1. The molecule has 30 heavy (non-hydrogen) atoms. The van der Waals surface area contributed by atoms with Crippen LogP contribution in [0.2, 0.25) is 0 Å². The van der Waals surface area contributed by atoms with Crippen LogP contribution in [0.3, 0.4) is 0 Å². The van der Waals surface area contributed by atoms with Crippen LogP contribution in [0, 0.1) is 0 Å². The molecule has 7 nitrogen and oxygen atoms in total. The minimum Gasteiger partial charge on any atom is -0.497 e. The van der Waals surface area contributed by atoms with Gasteiger partial charge in [-0.2, -0.15) is 0 Å². The van der Waals surface area contributed by atoms with Crippen LogP contribution >= 0.6 is 0 Å². The molecule has 2 aliphatic heterocycles. The average Bonchev–Trinajstić information content (AvgIpc) is 2.79. The quantitative estimate of drug-likeness (QED) is 0.619. The second kappa shape index (κ2) is 12.1. The zero-order valence-corrected chi connectivity index (χ0v) is 18.8. The summed E-state index contributed by atoms with van der Waals surface area (Å²) in [7, 11) is 3.88. The average molecular weight is 418 g/mol. The molecule has 2 saturated heterocycles. The summed E-state index contributed by atoms with van der Waals surface area (Å²) in [4.78, 5) is 21.7. The van der Waals surface area contributed by atoms with E-state index in [-0.39, 0.29) is 6.03 Å². The van der Waals surface area contributed by atoms with Crippen LogP contribution in [0.1, 0.15) is 18.4 Å². The highest BCUT2D eigenvalue weighted by atomic mass is 16.5. The second-order valence-electron chi connectivity index (χ2n) is 8.51. The van der Waals surface area contributed by atoms with Gasteiger partial charge < -0.3 is 24.8 Å². The molecule has 1 aromatic carbocycles. The van der Waals surface area contributed by atoms with E-state index >= 15 is 0 Å². The third kappa shape index (κ3) is 7.45. The van der Waals surface area contributed by atoms with Gasteiger partial charge in [-0.15, -0.1) is 0 Å². The Labute approximate surface area is 181 Å². The van der Waals surface area contributed by atoms with Crippen LogP contribution < -0.4 is 10.1 Å². The molecule has 0 aliphatic carbocycles. The molecule has 168 valence electrons. The summed E-state index contributed by atoms with van der Waals surface area (Å²) in [6.45, 7) is 11.2. The molecule has 2 fully saturated rings. The van der Waals surface area contributed by atoms with Crippen LogP contribution in [0.4, 0.5) is 4.79 Å². The minimum absolute atomic E-state index is 0.101. The first kappa shape index (κ1) is 22.8. The Morgan fingerprint density at radius 2 is 1.53 bits per heavy atom. The van der Waals surface area contributed by atoms with Crippen LogP contribution in [0.5, 0.6) is 5.75 Å². The fourth-order valence-electron chi connectivity index (χ4n) is 4.09. The number of piperazine rings is 2. The Hall–Kier alpha value is -1.83. The highest BCUT2D eigenvalue weighted by Gasteiger charge is 2.20. The topological polar surface area (TPSA) is 51.3 Å². The number of nitrogens with zero attached hydrogens (tertiary/aromatic N) is 4. The number of carbonyl (C=O) groups is 1. The number of urea groups is 1. The van der Waals surface area contributed by atoms with Crippen molar-refractivity contribution >= 4 is 6.03 Å². The largest absolute Gasteiger partial charge is 0.497 e. The molecule has 1 N–H and O–H groups in total. The van der Waals surface area contributed by atoms with Crippen molar-refractivity contribution in [2.45, 2.75) is 19.3 Å². The number of unbranched alkanes of at least 4 members (excludes halogenated alkanes) is 1. The van der Waals surface area contributed by atoms with Crippen molar-refractivity contribution in [3.8, 4) is 5.75 Å². The van der Waals surface area contributed by atoms with Gasteiger partial charge in [0, 0.05) is 65.4 Å². The number of amides is 2. The lowest BCUT2D eigenvalue weighted by Gasteiger charge is -2.34. The van der Waals surface area contributed by atoms with Crippen molar-refractivity contribution in [1.82, 2.24) is 24.9 Å². The van der Waals surface area contributed by atoms with Gasteiger partial charge in [0.05, 0.1) is 7.11 Å². The first-order valence-electron chi connectivity index (χ1n) is 11.4. The molecule has 0 radical (unpaired) electrons. The van der Waals surface area contributed by atoms with Crippen LogP contribution in [-0.4, -0.2) is 112 Å². The van der Waals surface area contributed by atoms with Crippen molar-refractivity contribution in [3.05, 3.63) is 29.8 Å². The summed E-state index contributed by atoms with van der Waals surface area (Å²) < 4.78 is 5.21. The number of likely N-dealkylation sites (N-methyl/N-ethyl adjacent to an activating group) is 1. The molecule has 2 heterocycles. The molecule has 2 aliphatic rings. The van der Waals surface area contributed by atoms with Gasteiger partial charge in [0.2, 0.25) is 0 Å². The van der Waals surface area contributed by atoms with E-state index in [9.17, 15) is 4.79 Å². The van der Waals surface area contributed by atoms with E-state index in [1.165, 1.54) is 31.7 Å². The smallest absolute Gasteiger partial charge is 0.317 e. The number of benzene rings is 1. The van der Waals surface area contributed by atoms with Gasteiger partial charge in [-0.25, -0.2) is 4.79 Å². The van der Waals surface area contributed by atoms with Crippen molar-refractivity contribution in [1.29, 1.82) is 0 Å². The van der Waals surface area contributed by atoms with Gasteiger partial charge in [0.1, 0.15) is 5.75 Å². The zero-order chi connectivity index (χ0) is 21.2. The SMILES string of the molecule is COc1ccc(CCN2CCN(C(=O)NCCCCN3CCN(C)CC3)CC2)cc1. The van der Waals surface area contributed by atoms with E-state index in [0.29, 0.717) is 0 Å². The highest BCUT2D eigenvalue weighted by Crippen LogP contribution is 2.12. The van der Waals surface area contributed by atoms with Crippen molar-refractivity contribution in [2.24, 2.45) is 0 Å². The maximum atomic E-state index is 12.4. The number of methoxy groups -OCH3 is 1. The number of hydrogen-bond donors (Lipinski definition) is 1. The van der Waals surface area contributed by atoms with Crippen molar-refractivity contribution in [3.63, 3.8) is 0 Å². The van der Waals surface area contributed by atoms with Crippen molar-refractivity contribution in [2.75, 3.05) is 86.1 Å². The molecule has 7 heteroatoms. The minimum atomic E-state index is 0.101. The molecular formula is C23H39N5O2. The Morgan fingerprint density at radius 3 is 2.20 bits per heavy atom. The summed E-state index contributed by atoms with van der Waals surface area (Å²) in [5.74, 6) is 0.901.